The Hall–Kier alpha value is -2.41. The molecule has 0 fully saturated rings. The molecule has 0 N–H and O–H groups in total. The molecule has 0 aromatic heterocycles. The van der Waals surface area contributed by atoms with Gasteiger partial charge in [0.1, 0.15) is 11.5 Å². The molecule has 0 radical (unpaired) electrons. The molecule has 22 heavy (non-hydrogen) atoms. The van der Waals surface area contributed by atoms with Gasteiger partial charge >= 0.3 is 5.97 Å². The van der Waals surface area contributed by atoms with Gasteiger partial charge in [-0.2, -0.15) is 0 Å². The maximum absolute atomic E-state index is 12.2. The molecule has 0 saturated carbocycles. The summed E-state index contributed by atoms with van der Waals surface area (Å²) in [7, 11) is -3.85. The number of fused-ring (bicyclic) bond motifs is 1. The summed E-state index contributed by atoms with van der Waals surface area (Å²) in [5.41, 5.74) is 0.141. The van der Waals surface area contributed by atoms with E-state index in [4.69, 9.17) is 4.74 Å². The number of esters is 1. The van der Waals surface area contributed by atoms with E-state index in [9.17, 15) is 18.0 Å². The zero-order chi connectivity index (χ0) is 16.2. The van der Waals surface area contributed by atoms with Crippen LogP contribution in [0.1, 0.15) is 17.3 Å². The third-order valence-corrected chi connectivity index (χ3v) is 4.83. The Balaban J connectivity index is 2.01. The van der Waals surface area contributed by atoms with E-state index in [2.05, 4.69) is 0 Å². The molecule has 1 aromatic rings. The first kappa shape index (κ1) is 16.0. The highest BCUT2D eigenvalue weighted by molar-refractivity contribution is 7.90. The lowest BCUT2D eigenvalue weighted by Crippen LogP contribution is -2.33. The molecule has 1 aliphatic rings. The van der Waals surface area contributed by atoms with E-state index >= 15 is 0 Å². The Labute approximate surface area is 128 Å². The molecule has 1 amide bonds. The van der Waals surface area contributed by atoms with Crippen LogP contribution in [0.3, 0.4) is 0 Å². The van der Waals surface area contributed by atoms with Crippen molar-refractivity contribution in [2.45, 2.75) is 11.8 Å². The average molecular weight is 321 g/mol. The van der Waals surface area contributed by atoms with Crippen molar-refractivity contribution in [2.24, 2.45) is 0 Å². The summed E-state index contributed by atoms with van der Waals surface area (Å²) >= 11 is 0. The Morgan fingerprint density at radius 1 is 1.27 bits per heavy atom. The number of ether oxygens (including phenoxy) is 1. The zero-order valence-electron chi connectivity index (χ0n) is 11.9. The first-order valence-electron chi connectivity index (χ1n) is 6.60. The quantitative estimate of drug-likeness (QED) is 0.466. The summed E-state index contributed by atoms with van der Waals surface area (Å²) in [5, 5.41) is 0. The van der Waals surface area contributed by atoms with Crippen LogP contribution in [-0.4, -0.2) is 37.8 Å². The predicted octanol–water partition coefficient (Wildman–Crippen LogP) is 1.51. The second-order valence-electron chi connectivity index (χ2n) is 4.43. The van der Waals surface area contributed by atoms with Crippen molar-refractivity contribution >= 4 is 21.9 Å². The Morgan fingerprint density at radius 3 is 2.68 bits per heavy atom. The summed E-state index contributed by atoms with van der Waals surface area (Å²) in [6.45, 7) is 1.40. The minimum absolute atomic E-state index is 0.0145. The highest BCUT2D eigenvalue weighted by Gasteiger charge is 2.40. The lowest BCUT2D eigenvalue weighted by molar-refractivity contribution is -0.137. The Morgan fingerprint density at radius 2 is 2.00 bits per heavy atom. The van der Waals surface area contributed by atoms with E-state index in [0.29, 0.717) is 0 Å². The fraction of sp³-hybridized carbons (Fsp3) is 0.200. The number of benzene rings is 1. The van der Waals surface area contributed by atoms with E-state index in [0.717, 1.165) is 4.31 Å². The lowest BCUT2D eigenvalue weighted by Gasteiger charge is -2.14. The molecule has 0 spiro atoms. The number of hydrogen-bond acceptors (Lipinski definition) is 5. The van der Waals surface area contributed by atoms with Gasteiger partial charge in [-0.1, -0.05) is 30.4 Å². The van der Waals surface area contributed by atoms with Crippen molar-refractivity contribution < 1.29 is 22.7 Å². The molecule has 2 rings (SSSR count). The maximum atomic E-state index is 12.2. The van der Waals surface area contributed by atoms with Gasteiger partial charge in [0.05, 0.1) is 12.1 Å². The molecule has 0 atom stereocenters. The van der Waals surface area contributed by atoms with E-state index in [1.165, 1.54) is 24.3 Å². The minimum atomic E-state index is -3.85. The maximum Gasteiger partial charge on any atom is 0.330 e. The SMILES string of the molecule is C/C=C/C=C/C(=O)OCCN1C(=O)c2ccccc2S1(=O)=O. The number of carbonyl (C=O) groups is 2. The molecular weight excluding hydrogens is 306 g/mol. The van der Waals surface area contributed by atoms with Crippen molar-refractivity contribution in [3.05, 3.63) is 54.1 Å². The molecule has 1 aliphatic heterocycles. The largest absolute Gasteiger partial charge is 0.461 e. The fourth-order valence-corrected chi connectivity index (χ4v) is 3.53. The molecule has 0 bridgehead atoms. The highest BCUT2D eigenvalue weighted by atomic mass is 32.2. The molecular formula is C15H15NO5S. The molecule has 1 heterocycles. The van der Waals surface area contributed by atoms with E-state index in [1.807, 2.05) is 0 Å². The second kappa shape index (κ2) is 6.57. The molecule has 7 heteroatoms. The minimum Gasteiger partial charge on any atom is -0.461 e. The van der Waals surface area contributed by atoms with Gasteiger partial charge in [-0.15, -0.1) is 0 Å². The first-order valence-corrected chi connectivity index (χ1v) is 8.04. The monoisotopic (exact) mass is 321 g/mol. The van der Waals surface area contributed by atoms with Crippen LogP contribution in [0.4, 0.5) is 0 Å². The van der Waals surface area contributed by atoms with Crippen LogP contribution in [0, 0.1) is 0 Å². The summed E-state index contributed by atoms with van der Waals surface area (Å²) in [5.74, 6) is -1.20. The normalized spacial score (nSPS) is 16.4. The van der Waals surface area contributed by atoms with Gasteiger partial charge in [-0.25, -0.2) is 17.5 Å². The second-order valence-corrected chi connectivity index (χ2v) is 6.26. The number of sulfonamides is 1. The smallest absolute Gasteiger partial charge is 0.330 e. The van der Waals surface area contributed by atoms with Crippen LogP contribution in [0.5, 0.6) is 0 Å². The van der Waals surface area contributed by atoms with Crippen LogP contribution in [0.15, 0.2) is 53.5 Å². The molecule has 6 nitrogen and oxygen atoms in total. The number of hydrogen-bond donors (Lipinski definition) is 0. The van der Waals surface area contributed by atoms with Gasteiger partial charge < -0.3 is 4.74 Å². The van der Waals surface area contributed by atoms with Gasteiger partial charge in [0.15, 0.2) is 0 Å². The Bertz CT molecular complexity index is 749. The van der Waals surface area contributed by atoms with Crippen molar-refractivity contribution in [2.75, 3.05) is 13.2 Å². The van der Waals surface area contributed by atoms with Gasteiger partial charge in [0.2, 0.25) is 0 Å². The molecule has 1 aromatic carbocycles. The Kier molecular flexibility index (Phi) is 4.77. The zero-order valence-corrected chi connectivity index (χ0v) is 12.7. The molecule has 0 unspecified atom stereocenters. The standard InChI is InChI=1S/C15H15NO5S/c1-2-3-4-9-14(17)21-11-10-16-15(18)12-7-5-6-8-13(12)22(16,19)20/h2-9H,10-11H2,1H3/b3-2+,9-4+. The molecule has 0 aliphatic carbocycles. The molecule has 0 saturated heterocycles. The number of nitrogens with zero attached hydrogens (tertiary/aromatic N) is 1. The summed E-state index contributed by atoms with van der Waals surface area (Å²) in [6, 6.07) is 6.00. The summed E-state index contributed by atoms with van der Waals surface area (Å²) in [4.78, 5) is 23.4. The number of rotatable bonds is 5. The van der Waals surface area contributed by atoms with Gasteiger partial charge in [-0.05, 0) is 19.1 Å². The topological polar surface area (TPSA) is 80.8 Å². The van der Waals surface area contributed by atoms with Crippen molar-refractivity contribution in [3.8, 4) is 0 Å². The van der Waals surface area contributed by atoms with Gasteiger partial charge in [-0.3, -0.25) is 4.79 Å². The molecule has 116 valence electrons. The first-order chi connectivity index (χ1) is 10.5. The number of amides is 1. The van der Waals surface area contributed by atoms with Crippen LogP contribution in [0.2, 0.25) is 0 Å². The van der Waals surface area contributed by atoms with Crippen molar-refractivity contribution in [1.29, 1.82) is 0 Å². The lowest BCUT2D eigenvalue weighted by atomic mass is 10.2. The van der Waals surface area contributed by atoms with Crippen molar-refractivity contribution in [3.63, 3.8) is 0 Å². The third-order valence-electron chi connectivity index (χ3n) is 2.99. The van der Waals surface area contributed by atoms with Crippen LogP contribution < -0.4 is 0 Å². The third kappa shape index (κ3) is 3.09. The van der Waals surface area contributed by atoms with Gasteiger partial charge in [0.25, 0.3) is 15.9 Å². The van der Waals surface area contributed by atoms with E-state index < -0.39 is 21.9 Å². The average Bonchev–Trinajstić information content (AvgIpc) is 2.69. The van der Waals surface area contributed by atoms with Gasteiger partial charge in [0, 0.05) is 6.08 Å². The van der Waals surface area contributed by atoms with E-state index in [1.54, 1.807) is 31.2 Å². The number of carbonyl (C=O) groups excluding carboxylic acids is 2. The number of allylic oxidation sites excluding steroid dienone is 3. The summed E-state index contributed by atoms with van der Waals surface area (Å²) < 4.78 is 30.0. The van der Waals surface area contributed by atoms with Crippen LogP contribution in [0.25, 0.3) is 0 Å². The summed E-state index contributed by atoms with van der Waals surface area (Å²) in [6.07, 6.45) is 6.13. The highest BCUT2D eigenvalue weighted by Crippen LogP contribution is 2.29. The van der Waals surface area contributed by atoms with Crippen LogP contribution in [-0.2, 0) is 19.6 Å². The fourth-order valence-electron chi connectivity index (χ4n) is 1.97. The predicted molar refractivity (Wildman–Crippen MR) is 79.6 cm³/mol. The van der Waals surface area contributed by atoms with E-state index in [-0.39, 0.29) is 23.6 Å². The van der Waals surface area contributed by atoms with Crippen LogP contribution >= 0.6 is 0 Å². The van der Waals surface area contributed by atoms with Crippen molar-refractivity contribution in [1.82, 2.24) is 4.31 Å².